The number of ether oxygens (including phenoxy) is 2. The van der Waals surface area contributed by atoms with Gasteiger partial charge in [-0.25, -0.2) is 4.98 Å². The Kier molecular flexibility index (Phi) is 3.56. The van der Waals surface area contributed by atoms with Crippen LogP contribution in [0.25, 0.3) is 0 Å². The van der Waals surface area contributed by atoms with Crippen LogP contribution < -0.4 is 10.5 Å². The summed E-state index contributed by atoms with van der Waals surface area (Å²) >= 11 is 0. The van der Waals surface area contributed by atoms with Gasteiger partial charge in [-0.3, -0.25) is 10.1 Å². The van der Waals surface area contributed by atoms with Crippen LogP contribution in [0, 0.1) is 10.1 Å². The van der Waals surface area contributed by atoms with Crippen LogP contribution in [0.4, 0.5) is 11.5 Å². The van der Waals surface area contributed by atoms with Crippen LogP contribution >= 0.6 is 0 Å². The number of nitrogens with two attached hydrogens (primary N) is 1. The maximum atomic E-state index is 10.9. The van der Waals surface area contributed by atoms with Gasteiger partial charge in [-0.2, -0.15) is 4.98 Å². The van der Waals surface area contributed by atoms with Gasteiger partial charge in [-0.15, -0.1) is 0 Å². The standard InChI is InChI=1S/C10H14N4O4/c1-17-4-5-18-10-7(14(15)16)8(11)12-9(13-10)6-2-3-6/h6H,2-5H2,1H3,(H2,11,12,13). The molecule has 1 aromatic rings. The number of anilines is 1. The largest absolute Gasteiger partial charge is 0.470 e. The molecule has 1 fully saturated rings. The number of rotatable bonds is 6. The van der Waals surface area contributed by atoms with Crippen molar-refractivity contribution in [3.05, 3.63) is 15.9 Å². The van der Waals surface area contributed by atoms with Gasteiger partial charge in [-0.05, 0) is 12.8 Å². The van der Waals surface area contributed by atoms with Gasteiger partial charge in [0.15, 0.2) is 0 Å². The van der Waals surface area contributed by atoms with E-state index >= 15 is 0 Å². The molecule has 1 aliphatic carbocycles. The van der Waals surface area contributed by atoms with E-state index in [4.69, 9.17) is 15.2 Å². The Labute approximate surface area is 103 Å². The molecule has 1 heterocycles. The molecule has 1 aliphatic rings. The van der Waals surface area contributed by atoms with Crippen LogP contribution in [-0.2, 0) is 4.74 Å². The summed E-state index contributed by atoms with van der Waals surface area (Å²) in [6, 6.07) is 0. The molecule has 8 nitrogen and oxygen atoms in total. The molecule has 0 radical (unpaired) electrons. The summed E-state index contributed by atoms with van der Waals surface area (Å²) in [5.41, 5.74) is 5.21. The summed E-state index contributed by atoms with van der Waals surface area (Å²) < 4.78 is 10.1. The van der Waals surface area contributed by atoms with Crippen LogP contribution in [0.1, 0.15) is 24.6 Å². The van der Waals surface area contributed by atoms with E-state index in [-0.39, 0.29) is 29.9 Å². The van der Waals surface area contributed by atoms with Crippen molar-refractivity contribution in [1.82, 2.24) is 9.97 Å². The van der Waals surface area contributed by atoms with Crippen LogP contribution in [0.5, 0.6) is 5.88 Å². The number of methoxy groups -OCH3 is 1. The molecule has 2 rings (SSSR count). The molecule has 0 spiro atoms. The fourth-order valence-electron chi connectivity index (χ4n) is 1.49. The van der Waals surface area contributed by atoms with E-state index in [9.17, 15) is 10.1 Å². The number of nitrogens with zero attached hydrogens (tertiary/aromatic N) is 3. The molecule has 0 amide bonds. The van der Waals surface area contributed by atoms with Gasteiger partial charge in [0.1, 0.15) is 12.4 Å². The Morgan fingerprint density at radius 2 is 2.17 bits per heavy atom. The monoisotopic (exact) mass is 254 g/mol. The Morgan fingerprint density at radius 3 is 2.72 bits per heavy atom. The summed E-state index contributed by atoms with van der Waals surface area (Å²) in [7, 11) is 1.52. The third-order valence-electron chi connectivity index (χ3n) is 2.55. The molecule has 8 heteroatoms. The fraction of sp³-hybridized carbons (Fsp3) is 0.600. The minimum Gasteiger partial charge on any atom is -0.470 e. The van der Waals surface area contributed by atoms with E-state index in [1.54, 1.807) is 0 Å². The van der Waals surface area contributed by atoms with E-state index in [2.05, 4.69) is 9.97 Å². The third-order valence-corrected chi connectivity index (χ3v) is 2.55. The molecule has 18 heavy (non-hydrogen) atoms. The number of hydrogen-bond acceptors (Lipinski definition) is 7. The van der Waals surface area contributed by atoms with Crippen LogP contribution in [0.2, 0.25) is 0 Å². The highest BCUT2D eigenvalue weighted by atomic mass is 16.6. The zero-order chi connectivity index (χ0) is 13.1. The number of aromatic nitrogens is 2. The number of hydrogen-bond donors (Lipinski definition) is 1. The minimum absolute atomic E-state index is 0.0774. The summed E-state index contributed by atoms with van der Waals surface area (Å²) in [4.78, 5) is 18.3. The average Bonchev–Trinajstić information content (AvgIpc) is 3.11. The first-order valence-corrected chi connectivity index (χ1v) is 5.57. The van der Waals surface area contributed by atoms with Crippen molar-refractivity contribution < 1.29 is 14.4 Å². The van der Waals surface area contributed by atoms with E-state index < -0.39 is 4.92 Å². The highest BCUT2D eigenvalue weighted by Crippen LogP contribution is 2.41. The van der Waals surface area contributed by atoms with Crippen LogP contribution in [0.15, 0.2) is 0 Å². The number of nitrogen functional groups attached to an aromatic ring is 1. The Hall–Kier alpha value is -1.96. The smallest absolute Gasteiger partial charge is 0.372 e. The van der Waals surface area contributed by atoms with Gasteiger partial charge in [-0.1, -0.05) is 0 Å². The summed E-state index contributed by atoms with van der Waals surface area (Å²) in [6.45, 7) is 0.498. The van der Waals surface area contributed by atoms with E-state index in [0.717, 1.165) is 12.8 Å². The molecule has 0 bridgehead atoms. The lowest BCUT2D eigenvalue weighted by molar-refractivity contribution is -0.385. The average molecular weight is 254 g/mol. The van der Waals surface area contributed by atoms with Gasteiger partial charge >= 0.3 is 5.69 Å². The van der Waals surface area contributed by atoms with Gasteiger partial charge in [0.2, 0.25) is 5.82 Å². The van der Waals surface area contributed by atoms with E-state index in [1.165, 1.54) is 7.11 Å². The molecule has 1 saturated carbocycles. The second-order valence-corrected chi connectivity index (χ2v) is 3.99. The summed E-state index contributed by atoms with van der Waals surface area (Å²) in [5.74, 6) is 0.541. The highest BCUT2D eigenvalue weighted by molar-refractivity contribution is 5.59. The van der Waals surface area contributed by atoms with Crippen molar-refractivity contribution in [2.75, 3.05) is 26.1 Å². The SMILES string of the molecule is COCCOc1nc(C2CC2)nc(N)c1[N+](=O)[O-]. The Bertz CT molecular complexity index is 461. The number of nitro groups is 1. The molecule has 98 valence electrons. The Morgan fingerprint density at radius 1 is 1.44 bits per heavy atom. The predicted octanol–water partition coefficient (Wildman–Crippen LogP) is 0.870. The zero-order valence-corrected chi connectivity index (χ0v) is 9.96. The lowest BCUT2D eigenvalue weighted by atomic mass is 10.3. The van der Waals surface area contributed by atoms with Crippen molar-refractivity contribution in [2.24, 2.45) is 0 Å². The molecule has 0 unspecified atom stereocenters. The molecule has 0 aromatic carbocycles. The van der Waals surface area contributed by atoms with Crippen molar-refractivity contribution in [1.29, 1.82) is 0 Å². The second kappa shape index (κ2) is 5.13. The first kappa shape index (κ1) is 12.5. The normalized spacial score (nSPS) is 14.5. The van der Waals surface area contributed by atoms with Crippen molar-refractivity contribution in [3.8, 4) is 5.88 Å². The molecule has 0 saturated heterocycles. The molecule has 2 N–H and O–H groups in total. The van der Waals surface area contributed by atoms with Gasteiger partial charge in [0.05, 0.1) is 11.5 Å². The first-order chi connectivity index (χ1) is 8.63. The quantitative estimate of drug-likeness (QED) is 0.455. The molecular weight excluding hydrogens is 240 g/mol. The molecular formula is C10H14N4O4. The maximum absolute atomic E-state index is 10.9. The van der Waals surface area contributed by atoms with Crippen LogP contribution in [-0.4, -0.2) is 35.2 Å². The predicted molar refractivity (Wildman–Crippen MR) is 62.4 cm³/mol. The lowest BCUT2D eigenvalue weighted by Gasteiger charge is -2.08. The summed E-state index contributed by atoms with van der Waals surface area (Å²) in [6.07, 6.45) is 1.96. The van der Waals surface area contributed by atoms with Crippen molar-refractivity contribution in [3.63, 3.8) is 0 Å². The van der Waals surface area contributed by atoms with Crippen LogP contribution in [0.3, 0.4) is 0 Å². The topological polar surface area (TPSA) is 113 Å². The molecule has 0 aliphatic heterocycles. The first-order valence-electron chi connectivity index (χ1n) is 5.57. The highest BCUT2D eigenvalue weighted by Gasteiger charge is 2.32. The maximum Gasteiger partial charge on any atom is 0.372 e. The fourth-order valence-corrected chi connectivity index (χ4v) is 1.49. The van der Waals surface area contributed by atoms with Crippen molar-refractivity contribution >= 4 is 11.5 Å². The molecule has 1 aromatic heterocycles. The van der Waals surface area contributed by atoms with Gasteiger partial charge in [0.25, 0.3) is 5.88 Å². The minimum atomic E-state index is -0.631. The van der Waals surface area contributed by atoms with Crippen molar-refractivity contribution in [2.45, 2.75) is 18.8 Å². The van der Waals surface area contributed by atoms with E-state index in [0.29, 0.717) is 12.4 Å². The van der Waals surface area contributed by atoms with E-state index in [1.807, 2.05) is 0 Å². The Balaban J connectivity index is 2.28. The van der Waals surface area contributed by atoms with Gasteiger partial charge < -0.3 is 15.2 Å². The lowest BCUT2D eigenvalue weighted by Crippen LogP contribution is -2.11. The third kappa shape index (κ3) is 2.65. The zero-order valence-electron chi connectivity index (χ0n) is 9.96. The van der Waals surface area contributed by atoms with Gasteiger partial charge in [0, 0.05) is 13.0 Å². The summed E-state index contributed by atoms with van der Waals surface area (Å²) in [5, 5.41) is 10.9. The second-order valence-electron chi connectivity index (χ2n) is 3.99. The molecule has 0 atom stereocenters.